The highest BCUT2D eigenvalue weighted by atomic mass is 35.5. The Balaban J connectivity index is 1.72. The third-order valence-corrected chi connectivity index (χ3v) is 3.02. The van der Waals surface area contributed by atoms with Gasteiger partial charge in [-0.15, -0.1) is 10.2 Å². The van der Waals surface area contributed by atoms with Gasteiger partial charge in [0.2, 0.25) is 5.89 Å². The Hall–Kier alpha value is -2.47. The van der Waals surface area contributed by atoms with E-state index in [-0.39, 0.29) is 24.1 Å². The molecule has 1 aromatic heterocycles. The van der Waals surface area contributed by atoms with Crippen LogP contribution in [-0.2, 0) is 6.61 Å². The molecule has 0 aliphatic rings. The molecule has 0 saturated heterocycles. The molecule has 0 aliphatic heterocycles. The second kappa shape index (κ2) is 6.11. The van der Waals surface area contributed by atoms with E-state index in [0.29, 0.717) is 10.6 Å². The Bertz CT molecular complexity index is 808. The summed E-state index contributed by atoms with van der Waals surface area (Å²) >= 11 is 5.89. The zero-order valence-electron chi connectivity index (χ0n) is 11.1. The van der Waals surface area contributed by atoms with Crippen LogP contribution in [0.4, 0.5) is 8.78 Å². The molecule has 0 bridgehead atoms. The summed E-state index contributed by atoms with van der Waals surface area (Å²) in [4.78, 5) is 0. The van der Waals surface area contributed by atoms with Crippen molar-refractivity contribution in [2.75, 3.05) is 0 Å². The molecule has 0 saturated carbocycles. The predicted octanol–water partition coefficient (Wildman–Crippen LogP) is 4.25. The second-order valence-electron chi connectivity index (χ2n) is 4.37. The molecule has 0 unspecified atom stereocenters. The summed E-state index contributed by atoms with van der Waals surface area (Å²) in [5, 5.41) is 8.21. The summed E-state index contributed by atoms with van der Waals surface area (Å²) in [5.74, 6) is -1.12. The van der Waals surface area contributed by atoms with Gasteiger partial charge in [0.1, 0.15) is 5.82 Å². The maximum absolute atomic E-state index is 13.4. The van der Waals surface area contributed by atoms with Gasteiger partial charge in [0.05, 0.1) is 0 Å². The summed E-state index contributed by atoms with van der Waals surface area (Å²) in [7, 11) is 0. The minimum absolute atomic E-state index is 0.0936. The lowest BCUT2D eigenvalue weighted by Gasteiger charge is -2.04. The SMILES string of the molecule is Fc1ccc(OCc2nnc(-c3cccc(Cl)c3)o2)c(F)c1. The lowest BCUT2D eigenvalue weighted by molar-refractivity contribution is 0.252. The topological polar surface area (TPSA) is 48.2 Å². The molecule has 22 heavy (non-hydrogen) atoms. The molecule has 0 radical (unpaired) electrons. The van der Waals surface area contributed by atoms with Crippen molar-refractivity contribution >= 4 is 11.6 Å². The Morgan fingerprint density at radius 2 is 1.95 bits per heavy atom. The lowest BCUT2D eigenvalue weighted by atomic mass is 10.2. The van der Waals surface area contributed by atoms with Gasteiger partial charge >= 0.3 is 0 Å². The van der Waals surface area contributed by atoms with E-state index < -0.39 is 11.6 Å². The molecule has 0 amide bonds. The van der Waals surface area contributed by atoms with Crippen molar-refractivity contribution in [3.8, 4) is 17.2 Å². The molecule has 0 fully saturated rings. The van der Waals surface area contributed by atoms with E-state index in [1.54, 1.807) is 24.3 Å². The fourth-order valence-electron chi connectivity index (χ4n) is 1.78. The number of rotatable bonds is 4. The summed E-state index contributed by atoms with van der Waals surface area (Å²) in [6.45, 7) is -0.129. The fraction of sp³-hybridized carbons (Fsp3) is 0.0667. The fourth-order valence-corrected chi connectivity index (χ4v) is 1.97. The van der Waals surface area contributed by atoms with Crippen LogP contribution in [-0.4, -0.2) is 10.2 Å². The van der Waals surface area contributed by atoms with E-state index in [1.165, 1.54) is 6.07 Å². The van der Waals surface area contributed by atoms with Crippen LogP contribution >= 0.6 is 11.6 Å². The van der Waals surface area contributed by atoms with Crippen molar-refractivity contribution in [1.82, 2.24) is 10.2 Å². The molecular formula is C15H9ClF2N2O2. The van der Waals surface area contributed by atoms with Gasteiger partial charge in [-0.2, -0.15) is 0 Å². The van der Waals surface area contributed by atoms with Gasteiger partial charge in [-0.25, -0.2) is 8.78 Å². The molecule has 0 N–H and O–H groups in total. The standard InChI is InChI=1S/C15H9ClF2N2O2/c16-10-3-1-2-9(6-10)15-20-19-14(22-15)8-21-13-5-4-11(17)7-12(13)18/h1-7H,8H2. The molecule has 2 aromatic carbocycles. The molecule has 0 spiro atoms. The Labute approximate surface area is 129 Å². The highest BCUT2D eigenvalue weighted by Gasteiger charge is 2.11. The molecule has 4 nitrogen and oxygen atoms in total. The van der Waals surface area contributed by atoms with Crippen molar-refractivity contribution in [1.29, 1.82) is 0 Å². The molecular weight excluding hydrogens is 314 g/mol. The number of ether oxygens (including phenoxy) is 1. The van der Waals surface area contributed by atoms with Crippen molar-refractivity contribution in [2.24, 2.45) is 0 Å². The van der Waals surface area contributed by atoms with Crippen molar-refractivity contribution in [3.05, 3.63) is 65.0 Å². The van der Waals surface area contributed by atoms with Crippen LogP contribution in [0.5, 0.6) is 5.75 Å². The van der Waals surface area contributed by atoms with Gasteiger partial charge in [0, 0.05) is 16.7 Å². The van der Waals surface area contributed by atoms with E-state index >= 15 is 0 Å². The monoisotopic (exact) mass is 322 g/mol. The molecule has 1 heterocycles. The highest BCUT2D eigenvalue weighted by molar-refractivity contribution is 6.30. The van der Waals surface area contributed by atoms with E-state index in [9.17, 15) is 8.78 Å². The molecule has 112 valence electrons. The average Bonchev–Trinajstić information content (AvgIpc) is 2.95. The Morgan fingerprint density at radius 1 is 1.09 bits per heavy atom. The first kappa shape index (κ1) is 14.5. The van der Waals surface area contributed by atoms with Gasteiger partial charge in [0.15, 0.2) is 18.2 Å². The van der Waals surface area contributed by atoms with Crippen LogP contribution in [0, 0.1) is 11.6 Å². The van der Waals surface area contributed by atoms with E-state index in [2.05, 4.69) is 10.2 Å². The molecule has 7 heteroatoms. The van der Waals surface area contributed by atoms with Crippen molar-refractivity contribution < 1.29 is 17.9 Å². The number of hydrogen-bond acceptors (Lipinski definition) is 4. The number of hydrogen-bond donors (Lipinski definition) is 0. The number of halogens is 3. The number of aromatic nitrogens is 2. The van der Waals surface area contributed by atoms with Gasteiger partial charge in [0.25, 0.3) is 5.89 Å². The maximum Gasteiger partial charge on any atom is 0.254 e. The maximum atomic E-state index is 13.4. The highest BCUT2D eigenvalue weighted by Crippen LogP contribution is 2.23. The lowest BCUT2D eigenvalue weighted by Crippen LogP contribution is -1.98. The number of nitrogens with zero attached hydrogens (tertiary/aromatic N) is 2. The van der Waals surface area contributed by atoms with E-state index in [1.807, 2.05) is 0 Å². The van der Waals surface area contributed by atoms with E-state index in [4.69, 9.17) is 20.8 Å². The smallest absolute Gasteiger partial charge is 0.254 e. The largest absolute Gasteiger partial charge is 0.481 e. The first-order valence-electron chi connectivity index (χ1n) is 6.28. The zero-order chi connectivity index (χ0) is 15.5. The quantitative estimate of drug-likeness (QED) is 0.720. The first-order valence-corrected chi connectivity index (χ1v) is 6.66. The molecule has 3 rings (SSSR count). The summed E-state index contributed by atoms with van der Waals surface area (Å²) < 4.78 is 36.8. The van der Waals surface area contributed by atoms with Gasteiger partial charge in [-0.3, -0.25) is 0 Å². The average molecular weight is 323 g/mol. The molecule has 3 aromatic rings. The Morgan fingerprint density at radius 3 is 2.73 bits per heavy atom. The van der Waals surface area contributed by atoms with Crippen molar-refractivity contribution in [3.63, 3.8) is 0 Å². The van der Waals surface area contributed by atoms with Gasteiger partial charge in [-0.05, 0) is 30.3 Å². The molecule has 0 atom stereocenters. The minimum atomic E-state index is -0.797. The second-order valence-corrected chi connectivity index (χ2v) is 4.81. The predicted molar refractivity (Wildman–Crippen MR) is 75.4 cm³/mol. The summed E-state index contributed by atoms with van der Waals surface area (Å²) in [5.41, 5.74) is 0.666. The third-order valence-electron chi connectivity index (χ3n) is 2.78. The van der Waals surface area contributed by atoms with Crippen LogP contribution < -0.4 is 4.74 Å². The Kier molecular flexibility index (Phi) is 4.02. The van der Waals surface area contributed by atoms with Gasteiger partial charge < -0.3 is 9.15 Å². The first-order chi connectivity index (χ1) is 10.6. The van der Waals surface area contributed by atoms with Crippen LogP contribution in [0.25, 0.3) is 11.5 Å². The van der Waals surface area contributed by atoms with Crippen LogP contribution in [0.1, 0.15) is 5.89 Å². The minimum Gasteiger partial charge on any atom is -0.481 e. The molecule has 0 aliphatic carbocycles. The third kappa shape index (κ3) is 3.23. The van der Waals surface area contributed by atoms with Crippen molar-refractivity contribution in [2.45, 2.75) is 6.61 Å². The van der Waals surface area contributed by atoms with Gasteiger partial charge in [-0.1, -0.05) is 17.7 Å². The summed E-state index contributed by atoms with van der Waals surface area (Å²) in [6.07, 6.45) is 0. The normalized spacial score (nSPS) is 10.7. The number of benzene rings is 2. The van der Waals surface area contributed by atoms with Crippen LogP contribution in [0.2, 0.25) is 5.02 Å². The van der Waals surface area contributed by atoms with E-state index in [0.717, 1.165) is 12.1 Å². The zero-order valence-corrected chi connectivity index (χ0v) is 11.8. The van der Waals surface area contributed by atoms with Crippen LogP contribution in [0.15, 0.2) is 46.9 Å². The van der Waals surface area contributed by atoms with Crippen LogP contribution in [0.3, 0.4) is 0 Å². The summed E-state index contributed by atoms with van der Waals surface area (Å²) in [6, 6.07) is 9.96.